The first-order valence-electron chi connectivity index (χ1n) is 9.48. The number of sulfonamides is 1. The molecule has 1 unspecified atom stereocenters. The highest BCUT2D eigenvalue weighted by atomic mass is 35.5. The monoisotopic (exact) mass is 523 g/mol. The van der Waals surface area contributed by atoms with E-state index in [0.29, 0.717) is 10.6 Å². The van der Waals surface area contributed by atoms with Gasteiger partial charge in [0, 0.05) is 28.6 Å². The highest BCUT2D eigenvalue weighted by Gasteiger charge is 2.31. The van der Waals surface area contributed by atoms with E-state index in [1.54, 1.807) is 19.1 Å². The van der Waals surface area contributed by atoms with Crippen molar-refractivity contribution in [2.75, 3.05) is 10.1 Å². The molecule has 0 amide bonds. The Hall–Kier alpha value is -1.85. The number of benzene rings is 2. The average Bonchev–Trinajstić information content (AvgIpc) is 2.66. The fourth-order valence-electron chi connectivity index (χ4n) is 3.05. The number of nitrogens with zero attached hydrogens (tertiary/aromatic N) is 1. The number of anilines is 1. The Morgan fingerprint density at radius 3 is 2.22 bits per heavy atom. The van der Waals surface area contributed by atoms with Gasteiger partial charge >= 0.3 is 5.97 Å². The van der Waals surface area contributed by atoms with Crippen LogP contribution in [0.2, 0.25) is 10.0 Å². The predicted octanol–water partition coefficient (Wildman–Crippen LogP) is 4.31. The molecular weight excluding hydrogens is 501 g/mol. The highest BCUT2D eigenvalue weighted by Crippen LogP contribution is 2.33. The van der Waals surface area contributed by atoms with E-state index in [-0.39, 0.29) is 35.1 Å². The first kappa shape index (κ1) is 26.4. The third-order valence-corrected chi connectivity index (χ3v) is 7.74. The molecule has 32 heavy (non-hydrogen) atoms. The van der Waals surface area contributed by atoms with Crippen LogP contribution < -0.4 is 4.31 Å². The maximum absolute atomic E-state index is 13.6. The van der Waals surface area contributed by atoms with Gasteiger partial charge in [-0.25, -0.2) is 8.42 Å². The lowest BCUT2D eigenvalue weighted by Gasteiger charge is -2.32. The maximum Gasteiger partial charge on any atom is 0.302 e. The molecule has 0 aliphatic carbocycles. The van der Waals surface area contributed by atoms with Gasteiger partial charge in [-0.05, 0) is 56.2 Å². The zero-order chi connectivity index (χ0) is 24.1. The van der Waals surface area contributed by atoms with Crippen LogP contribution in [0.4, 0.5) is 5.69 Å². The second-order valence-corrected chi connectivity index (χ2v) is 11.3. The summed E-state index contributed by atoms with van der Waals surface area (Å²) in [6.45, 7) is 2.65. The van der Waals surface area contributed by atoms with Crippen LogP contribution >= 0.6 is 23.2 Å². The maximum atomic E-state index is 13.6. The normalized spacial score (nSPS) is 12.9. The standard InChI is InChI=1S/C20H23Cl2NO7S2/c1-14(4-3-11-31(25,26)27)23(32(28,29)19-9-7-17(21)8-10-19)20-12-18(22)6-5-16(20)13-30-15(2)24/h5-10,12,14H,3-4,11,13H2,1-2H3,(H,25,26,27). The second-order valence-electron chi connectivity index (χ2n) is 7.09. The first-order chi connectivity index (χ1) is 14.8. The van der Waals surface area contributed by atoms with Crippen LogP contribution in [0.25, 0.3) is 0 Å². The van der Waals surface area contributed by atoms with Crippen LogP contribution in [-0.4, -0.2) is 39.2 Å². The average molecular weight is 524 g/mol. The number of hydrogen-bond donors (Lipinski definition) is 1. The van der Waals surface area contributed by atoms with E-state index in [2.05, 4.69) is 0 Å². The third-order valence-electron chi connectivity index (χ3n) is 4.51. The molecule has 176 valence electrons. The quantitative estimate of drug-likeness (QED) is 0.364. The number of rotatable bonds is 10. The van der Waals surface area contributed by atoms with E-state index in [0.717, 1.165) is 4.31 Å². The third kappa shape index (κ3) is 7.35. The molecule has 2 rings (SSSR count). The zero-order valence-electron chi connectivity index (χ0n) is 17.4. The van der Waals surface area contributed by atoms with E-state index in [1.807, 2.05) is 0 Å². The molecule has 0 spiro atoms. The van der Waals surface area contributed by atoms with Gasteiger partial charge in [-0.15, -0.1) is 0 Å². The second kappa shape index (κ2) is 10.8. The van der Waals surface area contributed by atoms with Crippen LogP contribution in [0.1, 0.15) is 32.3 Å². The smallest absolute Gasteiger partial charge is 0.302 e. The summed E-state index contributed by atoms with van der Waals surface area (Å²) < 4.78 is 64.6. The highest BCUT2D eigenvalue weighted by molar-refractivity contribution is 7.92. The molecule has 2 aromatic carbocycles. The molecule has 0 heterocycles. The van der Waals surface area contributed by atoms with Gasteiger partial charge in [-0.1, -0.05) is 29.3 Å². The lowest BCUT2D eigenvalue weighted by Crippen LogP contribution is -2.39. The molecule has 8 nitrogen and oxygen atoms in total. The summed E-state index contributed by atoms with van der Waals surface area (Å²) in [7, 11) is -8.35. The van der Waals surface area contributed by atoms with E-state index in [4.69, 9.17) is 32.5 Å². The molecule has 0 aromatic heterocycles. The van der Waals surface area contributed by atoms with Gasteiger partial charge < -0.3 is 4.74 Å². The van der Waals surface area contributed by atoms with E-state index < -0.39 is 37.9 Å². The number of carbonyl (C=O) groups is 1. The van der Waals surface area contributed by atoms with Gasteiger partial charge in [0.25, 0.3) is 20.1 Å². The SMILES string of the molecule is CC(=O)OCc1ccc(Cl)cc1N(C(C)CCCS(=O)(=O)O)S(=O)(=O)c1ccc(Cl)cc1. The number of hydrogen-bond acceptors (Lipinski definition) is 6. The van der Waals surface area contributed by atoms with Crippen LogP contribution in [-0.2, 0) is 36.3 Å². The largest absolute Gasteiger partial charge is 0.461 e. The van der Waals surface area contributed by atoms with Crippen molar-refractivity contribution >= 4 is 55.0 Å². The molecular formula is C20H23Cl2NO7S2. The van der Waals surface area contributed by atoms with Crippen molar-refractivity contribution < 1.29 is 30.9 Å². The number of halogens is 2. The summed E-state index contributed by atoms with van der Waals surface area (Å²) >= 11 is 12.0. The van der Waals surface area contributed by atoms with Crippen molar-refractivity contribution in [3.8, 4) is 0 Å². The van der Waals surface area contributed by atoms with Gasteiger partial charge in [-0.2, -0.15) is 8.42 Å². The van der Waals surface area contributed by atoms with Gasteiger partial charge in [-0.3, -0.25) is 13.7 Å². The summed E-state index contributed by atoms with van der Waals surface area (Å²) in [5, 5.41) is 0.614. The molecule has 0 bridgehead atoms. The molecule has 0 saturated heterocycles. The molecule has 0 aliphatic rings. The Morgan fingerprint density at radius 1 is 1.06 bits per heavy atom. The Kier molecular flexibility index (Phi) is 8.95. The van der Waals surface area contributed by atoms with Crippen molar-refractivity contribution in [2.45, 2.75) is 44.2 Å². The summed E-state index contributed by atoms with van der Waals surface area (Å²) in [4.78, 5) is 11.3. The molecule has 1 N–H and O–H groups in total. The summed E-state index contributed by atoms with van der Waals surface area (Å²) in [5.74, 6) is -1.05. The summed E-state index contributed by atoms with van der Waals surface area (Å²) in [5.41, 5.74) is 0.580. The molecule has 0 saturated carbocycles. The fourth-order valence-corrected chi connectivity index (χ4v) is 5.58. The number of ether oxygens (including phenoxy) is 1. The predicted molar refractivity (Wildman–Crippen MR) is 123 cm³/mol. The molecule has 0 radical (unpaired) electrons. The summed E-state index contributed by atoms with van der Waals surface area (Å²) in [6, 6.07) is 9.38. The molecule has 0 aliphatic heterocycles. The molecule has 12 heteroatoms. The van der Waals surface area contributed by atoms with E-state index in [1.165, 1.54) is 37.3 Å². The van der Waals surface area contributed by atoms with Crippen molar-refractivity contribution in [1.82, 2.24) is 0 Å². The van der Waals surface area contributed by atoms with Crippen molar-refractivity contribution in [3.63, 3.8) is 0 Å². The van der Waals surface area contributed by atoms with Crippen LogP contribution in [0.5, 0.6) is 0 Å². The first-order valence-corrected chi connectivity index (χ1v) is 13.3. The van der Waals surface area contributed by atoms with Gasteiger partial charge in [0.15, 0.2) is 0 Å². The van der Waals surface area contributed by atoms with Crippen LogP contribution in [0.15, 0.2) is 47.4 Å². The lowest BCUT2D eigenvalue weighted by atomic mass is 10.1. The Labute approximate surface area is 197 Å². The number of carbonyl (C=O) groups excluding carboxylic acids is 1. The van der Waals surface area contributed by atoms with Gasteiger partial charge in [0.05, 0.1) is 16.3 Å². The molecule has 2 aromatic rings. The minimum Gasteiger partial charge on any atom is -0.461 e. The van der Waals surface area contributed by atoms with Crippen molar-refractivity contribution in [1.29, 1.82) is 0 Å². The zero-order valence-corrected chi connectivity index (χ0v) is 20.5. The Bertz CT molecular complexity index is 1170. The molecule has 1 atom stereocenters. The minimum absolute atomic E-state index is 0.0203. The van der Waals surface area contributed by atoms with Crippen molar-refractivity contribution in [2.24, 2.45) is 0 Å². The lowest BCUT2D eigenvalue weighted by molar-refractivity contribution is -0.142. The van der Waals surface area contributed by atoms with E-state index in [9.17, 15) is 21.6 Å². The van der Waals surface area contributed by atoms with Crippen LogP contribution in [0.3, 0.4) is 0 Å². The minimum atomic E-state index is -4.20. The van der Waals surface area contributed by atoms with Crippen LogP contribution in [0, 0.1) is 0 Å². The van der Waals surface area contributed by atoms with Gasteiger partial charge in [0.2, 0.25) is 0 Å². The van der Waals surface area contributed by atoms with Crippen molar-refractivity contribution in [3.05, 3.63) is 58.1 Å². The summed E-state index contributed by atoms with van der Waals surface area (Å²) in [6.07, 6.45) is 0.138. The molecule has 0 fully saturated rings. The van der Waals surface area contributed by atoms with E-state index >= 15 is 0 Å². The Balaban J connectivity index is 2.57. The fraction of sp³-hybridized carbons (Fsp3) is 0.350. The topological polar surface area (TPSA) is 118 Å². The number of esters is 1. The Morgan fingerprint density at radius 2 is 1.66 bits per heavy atom. The van der Waals surface area contributed by atoms with Gasteiger partial charge in [0.1, 0.15) is 6.61 Å².